The number of likely N-dealkylation sites (tertiary alicyclic amines) is 2. The van der Waals surface area contributed by atoms with E-state index in [1.807, 2.05) is 4.90 Å². The molecule has 0 radical (unpaired) electrons. The highest BCUT2D eigenvalue weighted by molar-refractivity contribution is 5.68. The molecule has 1 unspecified atom stereocenters. The minimum Gasteiger partial charge on any atom is -0.466 e. The first kappa shape index (κ1) is 9.77. The number of piperidine rings is 1. The van der Waals surface area contributed by atoms with Gasteiger partial charge in [0.05, 0.1) is 26.2 Å². The van der Waals surface area contributed by atoms with Crippen molar-refractivity contribution in [2.75, 3.05) is 26.7 Å². The summed E-state index contributed by atoms with van der Waals surface area (Å²) in [5, 5.41) is 0. The Hall–Kier alpha value is -0.770. The van der Waals surface area contributed by atoms with Crippen LogP contribution in [0.15, 0.2) is 0 Å². The van der Waals surface area contributed by atoms with Gasteiger partial charge in [0.1, 0.15) is 0 Å². The first-order valence-electron chi connectivity index (χ1n) is 5.23. The highest BCUT2D eigenvalue weighted by Gasteiger charge is 2.41. The molecule has 1 amide bonds. The molecule has 0 aromatic heterocycles. The first-order valence-corrected chi connectivity index (χ1v) is 5.23. The predicted octanol–water partition coefficient (Wildman–Crippen LogP) is -0.477. The van der Waals surface area contributed by atoms with Gasteiger partial charge in [-0.15, -0.1) is 0 Å². The van der Waals surface area contributed by atoms with E-state index in [4.69, 9.17) is 4.74 Å². The molecule has 14 heavy (non-hydrogen) atoms. The highest BCUT2D eigenvalue weighted by atomic mass is 16.5. The van der Waals surface area contributed by atoms with Crippen LogP contribution in [0.3, 0.4) is 0 Å². The summed E-state index contributed by atoms with van der Waals surface area (Å²) in [4.78, 5) is 14.7. The van der Waals surface area contributed by atoms with Gasteiger partial charge in [0.15, 0.2) is 0 Å². The summed E-state index contributed by atoms with van der Waals surface area (Å²) >= 11 is 0. The monoisotopic (exact) mass is 198 g/mol. The zero-order valence-corrected chi connectivity index (χ0v) is 8.66. The molecule has 2 rings (SSSR count). The molecule has 1 N–H and O–H groups in total. The van der Waals surface area contributed by atoms with Crippen molar-refractivity contribution in [2.24, 2.45) is 5.92 Å². The molecule has 0 saturated carbocycles. The van der Waals surface area contributed by atoms with Crippen LogP contribution >= 0.6 is 0 Å². The number of nitrogens with zero attached hydrogens (tertiary/aromatic N) is 1. The normalized spacial score (nSPS) is 36.7. The van der Waals surface area contributed by atoms with Crippen LogP contribution < -0.4 is 4.90 Å². The Morgan fingerprint density at radius 2 is 2.36 bits per heavy atom. The molecule has 0 aliphatic carbocycles. The Morgan fingerprint density at radius 3 is 3.07 bits per heavy atom. The lowest BCUT2D eigenvalue weighted by Crippen LogP contribution is -3.05. The van der Waals surface area contributed by atoms with Crippen LogP contribution in [0.4, 0.5) is 4.79 Å². The Kier molecular flexibility index (Phi) is 2.63. The van der Waals surface area contributed by atoms with E-state index in [1.165, 1.54) is 18.4 Å². The van der Waals surface area contributed by atoms with Gasteiger partial charge in [-0.1, -0.05) is 0 Å². The van der Waals surface area contributed by atoms with E-state index in [1.54, 1.807) is 0 Å². The molecule has 3 atom stereocenters. The third-order valence-electron chi connectivity index (χ3n) is 3.38. The molecular formula is C10H18N2O2. The molecular weight excluding hydrogens is 180 g/mol. The number of methoxy groups -OCH3 is 1. The number of ether oxygens (including phenoxy) is 1. The van der Waals surface area contributed by atoms with Crippen LogP contribution in [0, 0.1) is 13.0 Å². The number of carbonyl (C=O) groups excluding carboxylic acids is 1. The zero-order chi connectivity index (χ0) is 10.1. The van der Waals surface area contributed by atoms with Crippen LogP contribution in [0.5, 0.6) is 0 Å². The van der Waals surface area contributed by atoms with Gasteiger partial charge in [0, 0.05) is 12.5 Å². The smallest absolute Gasteiger partial charge is 0.409 e. The topological polar surface area (TPSA) is 34.0 Å². The standard InChI is InChI=1S/C10H18N2O2/c1-11-6-8-4-3-5-12(9(8)7-11)10(13)14-2/h8-9,11H,1,3-7H2,2H3/t8-,9+/m0/s1. The van der Waals surface area contributed by atoms with Crippen molar-refractivity contribution in [3.05, 3.63) is 7.05 Å². The lowest BCUT2D eigenvalue weighted by Gasteiger charge is -2.34. The molecule has 0 bridgehead atoms. The summed E-state index contributed by atoms with van der Waals surface area (Å²) in [6.07, 6.45) is 2.16. The van der Waals surface area contributed by atoms with Gasteiger partial charge in [-0.2, -0.15) is 7.05 Å². The summed E-state index contributed by atoms with van der Waals surface area (Å²) in [5.74, 6) is 0.635. The van der Waals surface area contributed by atoms with Crippen molar-refractivity contribution >= 4 is 6.09 Å². The minimum atomic E-state index is -0.172. The number of rotatable bonds is 0. The van der Waals surface area contributed by atoms with E-state index in [9.17, 15) is 4.79 Å². The van der Waals surface area contributed by atoms with Crippen molar-refractivity contribution in [2.45, 2.75) is 18.9 Å². The Balaban J connectivity index is 2.07. The van der Waals surface area contributed by atoms with E-state index >= 15 is 0 Å². The number of nitrogens with one attached hydrogen (secondary N) is 1. The van der Waals surface area contributed by atoms with Crippen LogP contribution in [-0.2, 0) is 4.74 Å². The molecule has 0 spiro atoms. The molecule has 2 heterocycles. The molecule has 2 saturated heterocycles. The molecule has 2 fully saturated rings. The fraction of sp³-hybridized carbons (Fsp3) is 0.800. The fourth-order valence-corrected chi connectivity index (χ4v) is 2.75. The van der Waals surface area contributed by atoms with Crippen LogP contribution in [0.1, 0.15) is 12.8 Å². The van der Waals surface area contributed by atoms with Crippen molar-refractivity contribution in [3.8, 4) is 0 Å². The third-order valence-corrected chi connectivity index (χ3v) is 3.38. The van der Waals surface area contributed by atoms with Crippen molar-refractivity contribution in [1.29, 1.82) is 0 Å². The Labute approximate surface area is 84.8 Å². The summed E-state index contributed by atoms with van der Waals surface area (Å²) in [5.41, 5.74) is 0. The summed E-state index contributed by atoms with van der Waals surface area (Å²) in [6, 6.07) is 0.365. The quantitative estimate of drug-likeness (QED) is 0.534. The minimum absolute atomic E-state index is 0.172. The Morgan fingerprint density at radius 1 is 1.57 bits per heavy atom. The van der Waals surface area contributed by atoms with E-state index in [-0.39, 0.29) is 6.09 Å². The van der Waals surface area contributed by atoms with Gasteiger partial charge in [0.2, 0.25) is 0 Å². The largest absolute Gasteiger partial charge is 0.466 e. The summed E-state index contributed by atoms with van der Waals surface area (Å²) in [6.45, 7) is 2.92. The van der Waals surface area contributed by atoms with E-state index < -0.39 is 0 Å². The summed E-state index contributed by atoms with van der Waals surface area (Å²) in [7, 11) is 5.47. The van der Waals surface area contributed by atoms with Crippen molar-refractivity contribution in [1.82, 2.24) is 4.90 Å². The first-order chi connectivity index (χ1) is 6.72. The van der Waals surface area contributed by atoms with Gasteiger partial charge in [-0.25, -0.2) is 4.79 Å². The average Bonchev–Trinajstić information content (AvgIpc) is 2.56. The van der Waals surface area contributed by atoms with Gasteiger partial charge < -0.3 is 9.64 Å². The van der Waals surface area contributed by atoms with E-state index in [0.29, 0.717) is 12.0 Å². The second-order valence-corrected chi connectivity index (χ2v) is 4.29. The highest BCUT2D eigenvalue weighted by Crippen LogP contribution is 2.24. The molecule has 80 valence electrons. The number of hydrogen-bond donors (Lipinski definition) is 1. The number of fused-ring (bicyclic) bond motifs is 1. The van der Waals surface area contributed by atoms with Crippen LogP contribution in [-0.4, -0.2) is 43.8 Å². The number of amides is 1. The lowest BCUT2D eigenvalue weighted by atomic mass is 9.92. The maximum absolute atomic E-state index is 11.5. The average molecular weight is 198 g/mol. The van der Waals surface area contributed by atoms with E-state index in [0.717, 1.165) is 26.1 Å². The van der Waals surface area contributed by atoms with Crippen LogP contribution in [0.2, 0.25) is 0 Å². The molecule has 4 heteroatoms. The van der Waals surface area contributed by atoms with Crippen LogP contribution in [0.25, 0.3) is 0 Å². The zero-order valence-electron chi connectivity index (χ0n) is 8.66. The van der Waals surface area contributed by atoms with Crippen molar-refractivity contribution in [3.63, 3.8) is 0 Å². The van der Waals surface area contributed by atoms with Gasteiger partial charge in [-0.05, 0) is 12.8 Å². The van der Waals surface area contributed by atoms with Gasteiger partial charge in [0.25, 0.3) is 0 Å². The second-order valence-electron chi connectivity index (χ2n) is 4.29. The third kappa shape index (κ3) is 1.59. The molecule has 2 aliphatic rings. The van der Waals surface area contributed by atoms with Crippen molar-refractivity contribution < 1.29 is 14.4 Å². The number of carbonyl (C=O) groups is 1. The van der Waals surface area contributed by atoms with E-state index in [2.05, 4.69) is 7.05 Å². The van der Waals surface area contributed by atoms with Gasteiger partial charge >= 0.3 is 6.09 Å². The molecule has 0 aromatic rings. The number of quaternary nitrogens is 1. The summed E-state index contributed by atoms with van der Waals surface area (Å²) < 4.78 is 4.79. The number of hydrogen-bond acceptors (Lipinski definition) is 2. The van der Waals surface area contributed by atoms with Gasteiger partial charge in [-0.3, -0.25) is 4.90 Å². The molecule has 4 nitrogen and oxygen atoms in total. The molecule has 0 aromatic carbocycles. The molecule has 2 aliphatic heterocycles. The maximum atomic E-state index is 11.5. The lowest BCUT2D eigenvalue weighted by molar-refractivity contribution is -0.842. The maximum Gasteiger partial charge on any atom is 0.409 e. The second kappa shape index (κ2) is 3.77. The SMILES string of the molecule is [CH2-][NH+]1C[C@@H]2CCCN(C(=O)OC)[C@@H]2C1. The fourth-order valence-electron chi connectivity index (χ4n) is 2.75. The Bertz CT molecular complexity index is 232. The predicted molar refractivity (Wildman–Crippen MR) is 51.7 cm³/mol.